The number of carbonyl (C=O) groups is 2. The van der Waals surface area contributed by atoms with Crippen LogP contribution in [0.1, 0.15) is 6.92 Å². The second kappa shape index (κ2) is 9.39. The number of aliphatic hydroxyl groups is 1. The van der Waals surface area contributed by atoms with Gasteiger partial charge in [0.05, 0.1) is 12.0 Å². The van der Waals surface area contributed by atoms with Crippen LogP contribution in [0.2, 0.25) is 0 Å². The van der Waals surface area contributed by atoms with Crippen molar-refractivity contribution < 1.29 is 24.2 Å². The minimum absolute atomic E-state index is 0.0714. The van der Waals surface area contributed by atoms with Crippen molar-refractivity contribution in [3.63, 3.8) is 0 Å². The highest BCUT2D eigenvalue weighted by Gasteiger charge is 2.51. The Bertz CT molecular complexity index is 946. The summed E-state index contributed by atoms with van der Waals surface area (Å²) in [5.74, 6) is -0.946. The number of fused-ring (bicyclic) bond motifs is 1. The van der Waals surface area contributed by atoms with E-state index < -0.39 is 23.4 Å². The van der Waals surface area contributed by atoms with E-state index in [1.165, 1.54) is 17.9 Å². The topological polar surface area (TPSA) is 76.1 Å². The van der Waals surface area contributed by atoms with E-state index in [4.69, 9.17) is 21.7 Å². The first kappa shape index (κ1) is 21.3. The number of hydrogen-bond donors (Lipinski definition) is 1. The van der Waals surface area contributed by atoms with Gasteiger partial charge in [0.1, 0.15) is 24.3 Å². The van der Waals surface area contributed by atoms with Gasteiger partial charge in [-0.25, -0.2) is 0 Å². The fourth-order valence-corrected chi connectivity index (χ4v) is 4.62. The highest BCUT2D eigenvalue weighted by Crippen LogP contribution is 2.38. The van der Waals surface area contributed by atoms with Gasteiger partial charge in [0.2, 0.25) is 10.3 Å². The summed E-state index contributed by atoms with van der Waals surface area (Å²) < 4.78 is 10.9. The molecule has 29 heavy (non-hydrogen) atoms. The van der Waals surface area contributed by atoms with Crippen LogP contribution >= 0.6 is 24.0 Å². The Morgan fingerprint density at radius 1 is 1.34 bits per heavy atom. The number of β-lactam (4-membered cyclic amide) rings is 1. The van der Waals surface area contributed by atoms with Crippen LogP contribution in [0.3, 0.4) is 0 Å². The van der Waals surface area contributed by atoms with E-state index in [9.17, 15) is 14.7 Å². The average molecular weight is 432 g/mol. The molecule has 0 radical (unpaired) electrons. The van der Waals surface area contributed by atoms with Gasteiger partial charge in [-0.05, 0) is 42.0 Å². The highest BCUT2D eigenvalue weighted by molar-refractivity contribution is 8.23. The Morgan fingerprint density at radius 2 is 2.07 bits per heavy atom. The molecule has 1 saturated heterocycles. The molecule has 1 amide bonds. The van der Waals surface area contributed by atoms with Gasteiger partial charge in [0, 0.05) is 0 Å². The fourth-order valence-electron chi connectivity index (χ4n) is 3.09. The maximum absolute atomic E-state index is 12.3. The summed E-state index contributed by atoms with van der Waals surface area (Å²) in [6.07, 6.45) is 0.580. The van der Waals surface area contributed by atoms with Crippen molar-refractivity contribution in [1.82, 2.24) is 4.90 Å². The van der Waals surface area contributed by atoms with Gasteiger partial charge in [-0.15, -0.1) is 0 Å². The number of thioether (sulfide) groups is 1. The van der Waals surface area contributed by atoms with Gasteiger partial charge in [-0.2, -0.15) is 0 Å². The molecule has 1 aliphatic heterocycles. The van der Waals surface area contributed by atoms with Crippen molar-refractivity contribution in [2.24, 2.45) is 5.92 Å². The third-order valence-electron chi connectivity index (χ3n) is 4.50. The summed E-state index contributed by atoms with van der Waals surface area (Å²) in [6, 6.07) is 13.5. The lowest BCUT2D eigenvalue weighted by atomic mass is 9.93. The van der Waals surface area contributed by atoms with Crippen LogP contribution in [0.25, 0.3) is 10.8 Å². The molecule has 1 fully saturated rings. The molecule has 8 heteroatoms. The lowest BCUT2D eigenvalue weighted by Gasteiger charge is -2.46. The molecule has 0 spiro atoms. The number of ether oxygens (including phenoxy) is 2. The number of likely N-dealkylation sites (tertiary alicyclic amines) is 1. The molecular weight excluding hydrogens is 410 g/mol. The Balaban J connectivity index is 1.66. The Morgan fingerprint density at radius 3 is 2.76 bits per heavy atom. The van der Waals surface area contributed by atoms with E-state index in [1.807, 2.05) is 42.5 Å². The summed E-state index contributed by atoms with van der Waals surface area (Å²) in [7, 11) is 0. The van der Waals surface area contributed by atoms with Gasteiger partial charge >= 0.3 is 5.97 Å². The summed E-state index contributed by atoms with van der Waals surface area (Å²) in [4.78, 5) is 25.6. The predicted molar refractivity (Wildman–Crippen MR) is 117 cm³/mol. The minimum atomic E-state index is -0.871. The average Bonchev–Trinajstić information content (AvgIpc) is 2.69. The smallest absolute Gasteiger partial charge is 0.325 e. The molecule has 3 atom stereocenters. The number of esters is 1. The van der Waals surface area contributed by atoms with E-state index in [0.717, 1.165) is 22.5 Å². The van der Waals surface area contributed by atoms with Crippen molar-refractivity contribution >= 4 is 51.0 Å². The van der Waals surface area contributed by atoms with E-state index in [2.05, 4.69) is 6.58 Å². The third-order valence-corrected chi connectivity index (χ3v) is 5.94. The van der Waals surface area contributed by atoms with Crippen LogP contribution in [-0.4, -0.2) is 50.9 Å². The SMILES string of the molecule is C=CCOC(=O)CN1C(=O)C(C(C)O)C1SC(=S)Oc1ccc2ccccc2c1. The van der Waals surface area contributed by atoms with Gasteiger partial charge in [-0.3, -0.25) is 9.59 Å². The molecule has 6 nitrogen and oxygen atoms in total. The summed E-state index contributed by atoms with van der Waals surface area (Å²) in [6.45, 7) is 4.87. The summed E-state index contributed by atoms with van der Waals surface area (Å²) in [5, 5.41) is 11.5. The number of thiocarbonyl (C=S) groups is 1. The van der Waals surface area contributed by atoms with Crippen LogP contribution in [0.4, 0.5) is 0 Å². The number of amides is 1. The van der Waals surface area contributed by atoms with Crippen molar-refractivity contribution in [2.45, 2.75) is 18.4 Å². The number of rotatable bonds is 7. The Kier molecular flexibility index (Phi) is 6.89. The molecule has 1 N–H and O–H groups in total. The highest BCUT2D eigenvalue weighted by atomic mass is 32.2. The van der Waals surface area contributed by atoms with E-state index in [1.54, 1.807) is 0 Å². The molecule has 2 aromatic rings. The van der Waals surface area contributed by atoms with Crippen molar-refractivity contribution in [1.29, 1.82) is 0 Å². The maximum Gasteiger partial charge on any atom is 0.325 e. The standard InChI is InChI=1S/C21H21NO5S2/c1-3-10-26-17(24)12-22-19(25)18(13(2)23)20(22)29-21(28)27-16-9-8-14-6-4-5-7-15(14)11-16/h3-9,11,13,18,20,23H,1,10,12H2,2H3. The number of aliphatic hydroxyl groups excluding tert-OH is 1. The number of hydrogen-bond acceptors (Lipinski definition) is 7. The quantitative estimate of drug-likeness (QED) is 0.312. The van der Waals surface area contributed by atoms with Gasteiger partial charge in [0.15, 0.2) is 0 Å². The Hall–Kier alpha value is -2.42. The summed E-state index contributed by atoms with van der Waals surface area (Å²) in [5.41, 5.74) is 0. The number of carbonyl (C=O) groups excluding carboxylic acids is 2. The molecule has 3 rings (SSSR count). The molecule has 0 bridgehead atoms. The second-order valence-electron chi connectivity index (χ2n) is 6.57. The molecule has 0 saturated carbocycles. The molecule has 0 aliphatic carbocycles. The van der Waals surface area contributed by atoms with Crippen LogP contribution in [-0.2, 0) is 14.3 Å². The van der Waals surface area contributed by atoms with E-state index in [-0.39, 0.29) is 23.4 Å². The van der Waals surface area contributed by atoms with Crippen molar-refractivity contribution in [2.75, 3.05) is 13.2 Å². The minimum Gasteiger partial charge on any atom is -0.460 e. The van der Waals surface area contributed by atoms with Crippen molar-refractivity contribution in [3.05, 3.63) is 55.1 Å². The lowest BCUT2D eigenvalue weighted by molar-refractivity contribution is -0.164. The van der Waals surface area contributed by atoms with E-state index >= 15 is 0 Å². The zero-order valence-electron chi connectivity index (χ0n) is 15.8. The van der Waals surface area contributed by atoms with Crippen LogP contribution < -0.4 is 4.74 Å². The zero-order valence-corrected chi connectivity index (χ0v) is 17.4. The lowest BCUT2D eigenvalue weighted by Crippen LogP contribution is -2.64. The largest absolute Gasteiger partial charge is 0.460 e. The van der Waals surface area contributed by atoms with Crippen LogP contribution in [0, 0.1) is 5.92 Å². The molecule has 1 aliphatic rings. The first-order chi connectivity index (χ1) is 13.9. The third kappa shape index (κ3) is 4.95. The van der Waals surface area contributed by atoms with Crippen LogP contribution in [0.15, 0.2) is 55.1 Å². The van der Waals surface area contributed by atoms with Crippen LogP contribution in [0.5, 0.6) is 5.75 Å². The number of nitrogens with zero attached hydrogens (tertiary/aromatic N) is 1. The van der Waals surface area contributed by atoms with Gasteiger partial charge in [-0.1, -0.05) is 54.7 Å². The fraction of sp³-hybridized carbons (Fsp3) is 0.286. The molecule has 3 unspecified atom stereocenters. The molecule has 152 valence electrons. The predicted octanol–water partition coefficient (Wildman–Crippen LogP) is 3.13. The van der Waals surface area contributed by atoms with Gasteiger partial charge < -0.3 is 19.5 Å². The summed E-state index contributed by atoms with van der Waals surface area (Å²) >= 11 is 6.47. The molecular formula is C21H21NO5S2. The maximum atomic E-state index is 12.3. The number of benzene rings is 2. The second-order valence-corrected chi connectivity index (χ2v) is 8.29. The van der Waals surface area contributed by atoms with Crippen molar-refractivity contribution in [3.8, 4) is 5.75 Å². The molecule has 1 heterocycles. The van der Waals surface area contributed by atoms with Gasteiger partial charge in [0.25, 0.3) is 0 Å². The Labute approximate surface area is 178 Å². The van der Waals surface area contributed by atoms with E-state index in [0.29, 0.717) is 5.75 Å². The first-order valence-electron chi connectivity index (χ1n) is 9.03. The zero-order chi connectivity index (χ0) is 21.0. The molecule has 2 aromatic carbocycles. The first-order valence-corrected chi connectivity index (χ1v) is 10.3. The monoisotopic (exact) mass is 431 g/mol. The normalized spacial score (nSPS) is 19.4. The molecule has 0 aromatic heterocycles.